The number of carbonyl (C=O) groups excluding carboxylic acids is 2. The number of aromatic hydroxyl groups is 1. The molecule has 4 aromatic carbocycles. The van der Waals surface area contributed by atoms with Gasteiger partial charge in [0, 0.05) is 27.6 Å². The van der Waals surface area contributed by atoms with E-state index >= 15 is 0 Å². The number of carbonyl (C=O) groups is 2. The molecular formula is C28H24ClN3O3. The highest BCUT2D eigenvalue weighted by atomic mass is 35.5. The van der Waals surface area contributed by atoms with E-state index in [2.05, 4.69) is 15.5 Å². The average molecular weight is 486 g/mol. The lowest BCUT2D eigenvalue weighted by molar-refractivity contribution is 0.0938. The van der Waals surface area contributed by atoms with E-state index in [1.54, 1.807) is 54.6 Å². The maximum Gasteiger partial charge on any atom is 0.259 e. The Hall–Kier alpha value is -4.03. The number of benzene rings is 4. The van der Waals surface area contributed by atoms with Crippen molar-refractivity contribution in [1.29, 1.82) is 0 Å². The third-order valence-electron chi connectivity index (χ3n) is 5.62. The first-order valence-electron chi connectivity index (χ1n) is 11.1. The summed E-state index contributed by atoms with van der Waals surface area (Å²) in [5, 5.41) is 24.3. The van der Waals surface area contributed by atoms with E-state index in [1.807, 2.05) is 39.0 Å². The first-order chi connectivity index (χ1) is 16.7. The zero-order chi connectivity index (χ0) is 25.1. The van der Waals surface area contributed by atoms with Gasteiger partial charge in [-0.25, -0.2) is 0 Å². The molecule has 0 saturated heterocycles. The molecule has 0 aliphatic carbocycles. The Morgan fingerprint density at radius 2 is 1.66 bits per heavy atom. The van der Waals surface area contributed by atoms with Crippen molar-refractivity contribution in [3.8, 4) is 5.75 Å². The highest BCUT2D eigenvalue weighted by Gasteiger charge is 2.19. The predicted molar refractivity (Wildman–Crippen MR) is 140 cm³/mol. The zero-order valence-electron chi connectivity index (χ0n) is 19.5. The largest absolute Gasteiger partial charge is 0.505 e. The van der Waals surface area contributed by atoms with E-state index in [0.717, 1.165) is 10.9 Å². The third kappa shape index (κ3) is 5.23. The number of amides is 1. The van der Waals surface area contributed by atoms with Crippen molar-refractivity contribution < 1.29 is 14.7 Å². The second-order valence-corrected chi connectivity index (χ2v) is 8.96. The third-order valence-corrected chi connectivity index (χ3v) is 5.85. The predicted octanol–water partition coefficient (Wildman–Crippen LogP) is 8.01. The molecule has 176 valence electrons. The van der Waals surface area contributed by atoms with Crippen LogP contribution in [-0.4, -0.2) is 16.8 Å². The summed E-state index contributed by atoms with van der Waals surface area (Å²) >= 11 is 6.01. The number of ketones is 1. The molecule has 6 nitrogen and oxygen atoms in total. The van der Waals surface area contributed by atoms with Crippen molar-refractivity contribution in [2.75, 3.05) is 5.32 Å². The monoisotopic (exact) mass is 485 g/mol. The Morgan fingerprint density at radius 3 is 2.34 bits per heavy atom. The number of nitrogens with one attached hydrogen (secondary N) is 1. The molecule has 0 spiro atoms. The van der Waals surface area contributed by atoms with Crippen LogP contribution in [0.4, 0.5) is 17.1 Å². The van der Waals surface area contributed by atoms with Crippen LogP contribution in [0.25, 0.3) is 10.8 Å². The Bertz CT molecular complexity index is 1460. The van der Waals surface area contributed by atoms with E-state index in [9.17, 15) is 14.7 Å². The normalized spacial score (nSPS) is 11.3. The van der Waals surface area contributed by atoms with Crippen LogP contribution in [0.1, 0.15) is 40.1 Å². The highest BCUT2D eigenvalue weighted by Crippen LogP contribution is 2.39. The smallest absolute Gasteiger partial charge is 0.259 e. The first-order valence-corrected chi connectivity index (χ1v) is 11.5. The summed E-state index contributed by atoms with van der Waals surface area (Å²) < 4.78 is 0. The van der Waals surface area contributed by atoms with Crippen LogP contribution < -0.4 is 5.32 Å². The average Bonchev–Trinajstić information content (AvgIpc) is 2.84. The van der Waals surface area contributed by atoms with Gasteiger partial charge >= 0.3 is 0 Å². The standard InChI is InChI=1S/C28H24ClN3O3/c1-16(2)26(33)18-8-11-21(12-9-18)31-32-25-22-7-5-4-6-19(22)15-23(27(25)34)28(35)30-24-13-10-20(29)14-17(24)3/h4-16,34H,1-3H3,(H,30,35)/b32-31+. The van der Waals surface area contributed by atoms with E-state index < -0.39 is 5.91 Å². The number of halogens is 1. The van der Waals surface area contributed by atoms with Gasteiger partial charge in [-0.1, -0.05) is 49.7 Å². The Kier molecular flexibility index (Phi) is 6.94. The molecule has 4 rings (SSSR count). The van der Waals surface area contributed by atoms with Crippen LogP contribution in [-0.2, 0) is 0 Å². The van der Waals surface area contributed by atoms with Crippen LogP contribution >= 0.6 is 11.6 Å². The molecule has 0 unspecified atom stereocenters. The van der Waals surface area contributed by atoms with Gasteiger partial charge in [-0.15, -0.1) is 5.11 Å². The number of anilines is 1. The maximum atomic E-state index is 13.1. The molecule has 1 amide bonds. The molecular weight excluding hydrogens is 462 g/mol. The fourth-order valence-corrected chi connectivity index (χ4v) is 3.91. The molecule has 0 atom stereocenters. The lowest BCUT2D eigenvalue weighted by Gasteiger charge is -2.12. The molecule has 0 fully saturated rings. The van der Waals surface area contributed by atoms with E-state index in [-0.39, 0.29) is 28.7 Å². The van der Waals surface area contributed by atoms with Crippen molar-refractivity contribution in [2.45, 2.75) is 20.8 Å². The quantitative estimate of drug-likeness (QED) is 0.214. The van der Waals surface area contributed by atoms with Gasteiger partial charge in [0.1, 0.15) is 5.69 Å². The van der Waals surface area contributed by atoms with Crippen molar-refractivity contribution in [3.05, 3.63) is 94.5 Å². The van der Waals surface area contributed by atoms with Gasteiger partial charge in [0.2, 0.25) is 0 Å². The zero-order valence-corrected chi connectivity index (χ0v) is 20.3. The van der Waals surface area contributed by atoms with Gasteiger partial charge in [0.25, 0.3) is 5.91 Å². The molecule has 0 heterocycles. The summed E-state index contributed by atoms with van der Waals surface area (Å²) in [5.41, 5.74) is 2.76. The van der Waals surface area contributed by atoms with Crippen LogP contribution in [0.5, 0.6) is 5.75 Å². The molecule has 7 heteroatoms. The SMILES string of the molecule is Cc1cc(Cl)ccc1NC(=O)c1cc2ccccc2c(/N=N/c2ccc(C(=O)C(C)C)cc2)c1O. The minimum absolute atomic E-state index is 0.0479. The number of Topliss-reactive ketones (excluding diaryl/α,β-unsaturated/α-hetero) is 1. The molecule has 0 bridgehead atoms. The van der Waals surface area contributed by atoms with Crippen molar-refractivity contribution in [3.63, 3.8) is 0 Å². The number of phenols is 1. The number of rotatable bonds is 6. The van der Waals surface area contributed by atoms with Crippen LogP contribution in [0.2, 0.25) is 5.02 Å². The lowest BCUT2D eigenvalue weighted by atomic mass is 10.0. The Balaban J connectivity index is 1.70. The summed E-state index contributed by atoms with van der Waals surface area (Å²) in [5.74, 6) is -0.807. The fraction of sp³-hybridized carbons (Fsp3) is 0.143. The van der Waals surface area contributed by atoms with E-state index in [4.69, 9.17) is 11.6 Å². The molecule has 35 heavy (non-hydrogen) atoms. The van der Waals surface area contributed by atoms with Gasteiger partial charge in [0.15, 0.2) is 11.5 Å². The first kappa shape index (κ1) is 24.1. The molecule has 0 saturated carbocycles. The highest BCUT2D eigenvalue weighted by molar-refractivity contribution is 6.30. The molecule has 2 N–H and O–H groups in total. The van der Waals surface area contributed by atoms with Gasteiger partial charge in [-0.3, -0.25) is 9.59 Å². The number of hydrogen-bond donors (Lipinski definition) is 2. The van der Waals surface area contributed by atoms with Crippen molar-refractivity contribution in [1.82, 2.24) is 0 Å². The van der Waals surface area contributed by atoms with Crippen LogP contribution in [0.15, 0.2) is 83.0 Å². The topological polar surface area (TPSA) is 91.1 Å². The molecule has 4 aromatic rings. The molecule has 0 aliphatic heterocycles. The number of hydrogen-bond acceptors (Lipinski definition) is 5. The number of azo groups is 1. The Labute approximate surface area is 208 Å². The second kappa shape index (κ2) is 10.1. The van der Waals surface area contributed by atoms with Gasteiger partial charge < -0.3 is 10.4 Å². The minimum Gasteiger partial charge on any atom is -0.505 e. The number of phenolic OH excluding ortho intramolecular Hbond substituents is 1. The number of fused-ring (bicyclic) bond motifs is 1. The van der Waals surface area contributed by atoms with Gasteiger partial charge in [-0.2, -0.15) is 5.11 Å². The summed E-state index contributed by atoms with van der Waals surface area (Å²) in [6.45, 7) is 5.53. The number of nitrogens with zero attached hydrogens (tertiary/aromatic N) is 2. The van der Waals surface area contributed by atoms with Crippen LogP contribution in [0, 0.1) is 12.8 Å². The van der Waals surface area contributed by atoms with E-state index in [0.29, 0.717) is 27.3 Å². The number of aryl methyl sites for hydroxylation is 1. The minimum atomic E-state index is -0.480. The summed E-state index contributed by atoms with van der Waals surface area (Å²) in [7, 11) is 0. The summed E-state index contributed by atoms with van der Waals surface area (Å²) in [6, 6.07) is 20.9. The fourth-order valence-electron chi connectivity index (χ4n) is 3.68. The lowest BCUT2D eigenvalue weighted by Crippen LogP contribution is -2.13. The summed E-state index contributed by atoms with van der Waals surface area (Å²) in [6.07, 6.45) is 0. The van der Waals surface area contributed by atoms with Crippen molar-refractivity contribution >= 4 is 51.1 Å². The van der Waals surface area contributed by atoms with Crippen LogP contribution in [0.3, 0.4) is 0 Å². The molecule has 0 radical (unpaired) electrons. The van der Waals surface area contributed by atoms with Gasteiger partial charge in [-0.05, 0) is 66.4 Å². The summed E-state index contributed by atoms with van der Waals surface area (Å²) in [4.78, 5) is 25.3. The second-order valence-electron chi connectivity index (χ2n) is 8.52. The Morgan fingerprint density at radius 1 is 0.943 bits per heavy atom. The molecule has 0 aromatic heterocycles. The van der Waals surface area contributed by atoms with Gasteiger partial charge in [0.05, 0.1) is 11.3 Å². The molecule has 0 aliphatic rings. The van der Waals surface area contributed by atoms with E-state index in [1.165, 1.54) is 0 Å². The van der Waals surface area contributed by atoms with Crippen molar-refractivity contribution in [2.24, 2.45) is 16.1 Å². The maximum absolute atomic E-state index is 13.1.